The van der Waals surface area contributed by atoms with Crippen molar-refractivity contribution in [2.75, 3.05) is 52.9 Å². The van der Waals surface area contributed by atoms with Crippen LogP contribution in [0.3, 0.4) is 0 Å². The summed E-state index contributed by atoms with van der Waals surface area (Å²) in [5, 5.41) is 20.3. The van der Waals surface area contributed by atoms with Gasteiger partial charge in [-0.2, -0.15) is 5.26 Å². The van der Waals surface area contributed by atoms with Crippen LogP contribution in [0.15, 0.2) is 0 Å². The minimum atomic E-state index is -0.553. The van der Waals surface area contributed by atoms with Gasteiger partial charge in [0.25, 0.3) is 0 Å². The van der Waals surface area contributed by atoms with Crippen LogP contribution in [0.2, 0.25) is 0 Å². The molecule has 10 heteroatoms. The molecular weight excluding hydrogens is 422 g/mol. The van der Waals surface area contributed by atoms with E-state index in [1.54, 1.807) is 4.90 Å². The van der Waals surface area contributed by atoms with Crippen molar-refractivity contribution in [3.05, 3.63) is 0 Å². The Hall–Kier alpha value is -1.48. The Morgan fingerprint density at radius 1 is 1.15 bits per heavy atom. The number of nitrogens with one attached hydrogen (secondary N) is 3. The first-order valence-corrected chi connectivity index (χ1v) is 12.4. The molecule has 0 aromatic rings. The number of carbonyl (C=O) groups excluding carboxylic acids is 1. The molecule has 4 fully saturated rings. The molecule has 4 aliphatic heterocycles. The smallest absolute Gasteiger partial charge is 0.410 e. The Morgan fingerprint density at radius 2 is 1.97 bits per heavy atom. The highest BCUT2D eigenvalue weighted by Crippen LogP contribution is 2.26. The molecule has 10 nitrogen and oxygen atoms in total. The summed E-state index contributed by atoms with van der Waals surface area (Å²) in [6.07, 6.45) is 2.30. The minimum Gasteiger partial charge on any atom is -0.444 e. The Kier molecular flexibility index (Phi) is 7.78. The van der Waals surface area contributed by atoms with Crippen LogP contribution in [0.4, 0.5) is 4.79 Å². The number of fused-ring (bicyclic) bond motifs is 1. The standard InChI is InChI=1S/C23H41N7O3/c1-23(2,3)33-22(31)30-11-10-29(14-16(30)7-8-24)20-18-12-25-13-19(18)26-21(27-20)32-15-17-6-5-9-28(17)4/h16-21,25-27H,5-7,9-15H2,1-4H3/t16-,17-,18?,19?,20?,21?/m0/s1. The van der Waals surface area contributed by atoms with Gasteiger partial charge in [0, 0.05) is 50.7 Å². The number of carbonyl (C=O) groups is 1. The summed E-state index contributed by atoms with van der Waals surface area (Å²) < 4.78 is 11.9. The van der Waals surface area contributed by atoms with E-state index < -0.39 is 5.60 Å². The summed E-state index contributed by atoms with van der Waals surface area (Å²) in [5.74, 6) is 0.398. The van der Waals surface area contributed by atoms with Crippen molar-refractivity contribution >= 4 is 6.09 Å². The highest BCUT2D eigenvalue weighted by atomic mass is 16.6. The van der Waals surface area contributed by atoms with Crippen molar-refractivity contribution in [3.63, 3.8) is 0 Å². The van der Waals surface area contributed by atoms with Gasteiger partial charge in [0.1, 0.15) is 5.60 Å². The summed E-state index contributed by atoms with van der Waals surface area (Å²) in [6.45, 7) is 11.2. The lowest BCUT2D eigenvalue weighted by atomic mass is 9.95. The van der Waals surface area contributed by atoms with E-state index in [2.05, 4.69) is 38.9 Å². The first-order valence-electron chi connectivity index (χ1n) is 12.4. The minimum absolute atomic E-state index is 0.125. The molecular formula is C23H41N7O3. The van der Waals surface area contributed by atoms with E-state index in [4.69, 9.17) is 9.47 Å². The SMILES string of the molecule is CN1CCC[C@H]1COC1NC2CNCC2C(N2CCN(C(=O)OC(C)(C)C)[C@@H](CC#N)C2)N1. The molecule has 4 saturated heterocycles. The topological polar surface area (TPSA) is 105 Å². The summed E-state index contributed by atoms with van der Waals surface area (Å²) in [5.41, 5.74) is -0.553. The number of piperazine rings is 1. The highest BCUT2D eigenvalue weighted by Gasteiger charge is 2.45. The van der Waals surface area contributed by atoms with Gasteiger partial charge in [-0.05, 0) is 47.2 Å². The lowest BCUT2D eigenvalue weighted by molar-refractivity contribution is -0.0905. The van der Waals surface area contributed by atoms with Crippen LogP contribution >= 0.6 is 0 Å². The maximum atomic E-state index is 12.8. The van der Waals surface area contributed by atoms with Gasteiger partial charge in [0.05, 0.1) is 31.3 Å². The van der Waals surface area contributed by atoms with Crippen LogP contribution in [0.5, 0.6) is 0 Å². The van der Waals surface area contributed by atoms with E-state index in [9.17, 15) is 10.1 Å². The Morgan fingerprint density at radius 3 is 2.67 bits per heavy atom. The van der Waals surface area contributed by atoms with Gasteiger partial charge < -0.3 is 24.6 Å². The summed E-state index contributed by atoms with van der Waals surface area (Å²) >= 11 is 0. The molecule has 4 heterocycles. The van der Waals surface area contributed by atoms with Crippen molar-refractivity contribution < 1.29 is 14.3 Å². The molecule has 0 aliphatic carbocycles. The predicted molar refractivity (Wildman–Crippen MR) is 124 cm³/mol. The second-order valence-electron chi connectivity index (χ2n) is 10.9. The van der Waals surface area contributed by atoms with Crippen molar-refractivity contribution in [1.29, 1.82) is 5.26 Å². The predicted octanol–water partition coefficient (Wildman–Crippen LogP) is 0.323. The fourth-order valence-electron chi connectivity index (χ4n) is 5.58. The zero-order valence-electron chi connectivity index (χ0n) is 20.5. The molecule has 0 bridgehead atoms. The largest absolute Gasteiger partial charge is 0.444 e. The summed E-state index contributed by atoms with van der Waals surface area (Å²) in [7, 11) is 2.17. The van der Waals surface area contributed by atoms with Crippen LogP contribution < -0.4 is 16.0 Å². The highest BCUT2D eigenvalue weighted by molar-refractivity contribution is 5.68. The molecule has 6 atom stereocenters. The average molecular weight is 464 g/mol. The van der Waals surface area contributed by atoms with Crippen LogP contribution in [-0.2, 0) is 9.47 Å². The number of nitriles is 1. The average Bonchev–Trinajstić information content (AvgIpc) is 3.39. The number of likely N-dealkylation sites (N-methyl/N-ethyl adjacent to an activating group) is 1. The van der Waals surface area contributed by atoms with E-state index in [-0.39, 0.29) is 24.7 Å². The molecule has 3 N–H and O–H groups in total. The van der Waals surface area contributed by atoms with Crippen molar-refractivity contribution in [3.8, 4) is 6.07 Å². The number of likely N-dealkylation sites (tertiary alicyclic amines) is 1. The maximum absolute atomic E-state index is 12.8. The number of ether oxygens (including phenoxy) is 2. The molecule has 0 saturated carbocycles. The van der Waals surface area contributed by atoms with Crippen molar-refractivity contribution in [2.24, 2.45) is 5.92 Å². The molecule has 4 aliphatic rings. The zero-order valence-corrected chi connectivity index (χ0v) is 20.5. The normalized spacial score (nSPS) is 35.9. The Balaban J connectivity index is 1.40. The summed E-state index contributed by atoms with van der Waals surface area (Å²) in [4.78, 5) is 19.3. The van der Waals surface area contributed by atoms with Crippen LogP contribution in [0.1, 0.15) is 40.0 Å². The van der Waals surface area contributed by atoms with Crippen molar-refractivity contribution in [1.82, 2.24) is 30.7 Å². The van der Waals surface area contributed by atoms with Crippen molar-refractivity contribution in [2.45, 2.75) is 76.3 Å². The number of nitrogens with zero attached hydrogens (tertiary/aromatic N) is 4. The third-order valence-electron chi connectivity index (χ3n) is 7.34. The molecule has 33 heavy (non-hydrogen) atoms. The van der Waals surface area contributed by atoms with E-state index in [0.29, 0.717) is 44.1 Å². The zero-order chi connectivity index (χ0) is 23.6. The number of amides is 1. The Labute approximate surface area is 197 Å². The van der Waals surface area contributed by atoms with E-state index in [1.165, 1.54) is 12.8 Å². The van der Waals surface area contributed by atoms with E-state index in [0.717, 1.165) is 26.2 Å². The van der Waals surface area contributed by atoms with Gasteiger partial charge >= 0.3 is 6.09 Å². The third-order valence-corrected chi connectivity index (χ3v) is 7.34. The fraction of sp³-hybridized carbons (Fsp3) is 0.913. The third kappa shape index (κ3) is 5.96. The van der Waals surface area contributed by atoms with Gasteiger partial charge in [-0.1, -0.05) is 0 Å². The molecule has 0 aromatic carbocycles. The van der Waals surface area contributed by atoms with Gasteiger partial charge in [0.2, 0.25) is 0 Å². The molecule has 4 rings (SSSR count). The quantitative estimate of drug-likeness (QED) is 0.532. The number of hydrogen-bond donors (Lipinski definition) is 3. The van der Waals surface area contributed by atoms with Gasteiger partial charge in [-0.3, -0.25) is 15.5 Å². The molecule has 0 radical (unpaired) electrons. The monoisotopic (exact) mass is 463 g/mol. The van der Waals surface area contributed by atoms with Crippen LogP contribution in [-0.4, -0.2) is 110 Å². The molecule has 1 amide bonds. The van der Waals surface area contributed by atoms with E-state index in [1.807, 2.05) is 20.8 Å². The van der Waals surface area contributed by atoms with E-state index >= 15 is 0 Å². The maximum Gasteiger partial charge on any atom is 0.410 e. The van der Waals surface area contributed by atoms with Gasteiger partial charge in [-0.15, -0.1) is 0 Å². The summed E-state index contributed by atoms with van der Waals surface area (Å²) in [6, 6.07) is 2.89. The molecule has 186 valence electrons. The van der Waals surface area contributed by atoms with Gasteiger partial charge in [-0.25, -0.2) is 4.79 Å². The second kappa shape index (κ2) is 10.4. The van der Waals surface area contributed by atoms with Gasteiger partial charge in [0.15, 0.2) is 6.35 Å². The second-order valence-corrected chi connectivity index (χ2v) is 10.9. The first kappa shape index (κ1) is 24.6. The number of rotatable bonds is 5. The van der Waals surface area contributed by atoms with Crippen LogP contribution in [0.25, 0.3) is 0 Å². The lowest BCUT2D eigenvalue weighted by Gasteiger charge is -2.49. The molecule has 0 aromatic heterocycles. The Bertz CT molecular complexity index is 724. The first-order chi connectivity index (χ1) is 15.7. The molecule has 4 unspecified atom stereocenters. The fourth-order valence-corrected chi connectivity index (χ4v) is 5.58. The molecule has 0 spiro atoms. The number of hydrogen-bond acceptors (Lipinski definition) is 9. The van der Waals surface area contributed by atoms with Crippen LogP contribution in [0, 0.1) is 17.2 Å². The lowest BCUT2D eigenvalue weighted by Crippen LogP contribution is -2.71.